The summed E-state index contributed by atoms with van der Waals surface area (Å²) in [6.45, 7) is 0. The highest BCUT2D eigenvalue weighted by Crippen LogP contribution is 2.28. The molecule has 0 aliphatic carbocycles. The molecule has 110 valence electrons. The maximum atomic E-state index is 11.4. The van der Waals surface area contributed by atoms with Gasteiger partial charge in [-0.25, -0.2) is 9.78 Å². The van der Waals surface area contributed by atoms with Gasteiger partial charge in [0.1, 0.15) is 0 Å². The van der Waals surface area contributed by atoms with Crippen LogP contribution in [0.3, 0.4) is 0 Å². The smallest absolute Gasteiger partial charge is 0.335 e. The lowest BCUT2D eigenvalue weighted by Crippen LogP contribution is -2.04. The molecule has 0 radical (unpaired) electrons. The summed E-state index contributed by atoms with van der Waals surface area (Å²) in [5.41, 5.74) is 1.91. The summed E-state index contributed by atoms with van der Waals surface area (Å²) < 4.78 is 0. The van der Waals surface area contributed by atoms with E-state index in [-0.39, 0.29) is 5.56 Å². The van der Waals surface area contributed by atoms with Crippen molar-refractivity contribution in [3.8, 4) is 17.0 Å². The molecule has 1 aromatic carbocycles. The predicted octanol–water partition coefficient (Wildman–Crippen LogP) is 2.72. The Hall–Kier alpha value is -2.93. The Bertz CT molecular complexity index is 818. The Kier molecular flexibility index (Phi) is 3.71. The molecule has 0 amide bonds. The van der Waals surface area contributed by atoms with Crippen LogP contribution in [0.5, 0.6) is 5.75 Å². The second-order valence-corrected chi connectivity index (χ2v) is 5.28. The normalized spacial score (nSPS) is 10.4. The van der Waals surface area contributed by atoms with Crippen LogP contribution in [0.2, 0.25) is 0 Å². The summed E-state index contributed by atoms with van der Waals surface area (Å²) in [7, 11) is 0. The summed E-state index contributed by atoms with van der Waals surface area (Å²) >= 11 is 1.38. The third kappa shape index (κ3) is 2.89. The van der Waals surface area contributed by atoms with Crippen LogP contribution < -0.4 is 10.4 Å². The number of carboxylic acids is 1. The molecule has 0 atom stereocenters. The van der Waals surface area contributed by atoms with Gasteiger partial charge >= 0.3 is 5.97 Å². The van der Waals surface area contributed by atoms with Gasteiger partial charge in [-0.15, -0.1) is 11.3 Å². The molecule has 2 heterocycles. The van der Waals surface area contributed by atoms with E-state index in [1.54, 1.807) is 12.4 Å². The molecule has 0 fully saturated rings. The SMILES string of the molecule is O=C(O)c1cc(Nc2nc(-c3cccnc3)cs2)ccc1[O-]. The number of hydrogen-bond donors (Lipinski definition) is 2. The lowest BCUT2D eigenvalue weighted by atomic mass is 10.2. The Morgan fingerprint density at radius 1 is 1.32 bits per heavy atom. The van der Waals surface area contributed by atoms with Crippen molar-refractivity contribution in [2.45, 2.75) is 0 Å². The molecule has 0 aliphatic heterocycles. The highest BCUT2D eigenvalue weighted by Gasteiger charge is 2.08. The van der Waals surface area contributed by atoms with Crippen LogP contribution >= 0.6 is 11.3 Å². The first kappa shape index (κ1) is 14.0. The minimum atomic E-state index is -1.25. The quantitative estimate of drug-likeness (QED) is 0.768. The zero-order valence-corrected chi connectivity index (χ0v) is 12.0. The molecule has 22 heavy (non-hydrogen) atoms. The maximum absolute atomic E-state index is 11.4. The molecule has 3 rings (SSSR count). The standard InChI is InChI=1S/C15H11N3O3S/c19-13-4-3-10(6-11(13)14(20)21)17-15-18-12(8-22-15)9-2-1-5-16-7-9/h1-8,19H,(H,17,18)(H,20,21)/p-1. The van der Waals surface area contributed by atoms with Crippen LogP contribution in [0.25, 0.3) is 11.3 Å². The number of hydrogen-bond acceptors (Lipinski definition) is 6. The van der Waals surface area contributed by atoms with Crippen LogP contribution in [0.1, 0.15) is 10.4 Å². The largest absolute Gasteiger partial charge is 0.872 e. The number of carbonyl (C=O) groups is 1. The highest BCUT2D eigenvalue weighted by atomic mass is 32.1. The molecule has 0 saturated carbocycles. The maximum Gasteiger partial charge on any atom is 0.335 e. The molecule has 7 heteroatoms. The Balaban J connectivity index is 1.84. The lowest BCUT2D eigenvalue weighted by molar-refractivity contribution is -0.268. The predicted molar refractivity (Wildman–Crippen MR) is 81.5 cm³/mol. The topological polar surface area (TPSA) is 98.2 Å². The molecule has 2 aromatic heterocycles. The molecule has 0 spiro atoms. The number of rotatable bonds is 4. The number of benzene rings is 1. The number of pyridine rings is 1. The van der Waals surface area contributed by atoms with Gasteiger partial charge in [0, 0.05) is 29.0 Å². The number of thiazole rings is 1. The fourth-order valence-corrected chi connectivity index (χ4v) is 2.62. The first-order valence-electron chi connectivity index (χ1n) is 6.31. The Labute approximate surface area is 129 Å². The molecule has 2 N–H and O–H groups in total. The minimum Gasteiger partial charge on any atom is -0.872 e. The van der Waals surface area contributed by atoms with E-state index >= 15 is 0 Å². The van der Waals surface area contributed by atoms with Crippen LogP contribution in [-0.4, -0.2) is 21.0 Å². The second kappa shape index (κ2) is 5.82. The molecule has 0 unspecified atom stereocenters. The number of nitrogens with zero attached hydrogens (tertiary/aromatic N) is 2. The van der Waals surface area contributed by atoms with Gasteiger partial charge in [-0.3, -0.25) is 4.98 Å². The van der Waals surface area contributed by atoms with E-state index in [0.717, 1.165) is 11.3 Å². The van der Waals surface area contributed by atoms with E-state index in [0.29, 0.717) is 10.8 Å². The van der Waals surface area contributed by atoms with Crippen molar-refractivity contribution in [3.05, 3.63) is 53.7 Å². The highest BCUT2D eigenvalue weighted by molar-refractivity contribution is 7.14. The third-order valence-corrected chi connectivity index (χ3v) is 3.68. The lowest BCUT2D eigenvalue weighted by Gasteiger charge is -2.11. The van der Waals surface area contributed by atoms with Crippen molar-refractivity contribution >= 4 is 28.1 Å². The second-order valence-electron chi connectivity index (χ2n) is 4.42. The van der Waals surface area contributed by atoms with Crippen molar-refractivity contribution in [1.29, 1.82) is 0 Å². The fraction of sp³-hybridized carbons (Fsp3) is 0. The molecular formula is C15H10N3O3S-. The minimum absolute atomic E-state index is 0.269. The van der Waals surface area contributed by atoms with Crippen LogP contribution in [0.4, 0.5) is 10.8 Å². The van der Waals surface area contributed by atoms with E-state index in [1.807, 2.05) is 17.5 Å². The van der Waals surface area contributed by atoms with Crippen LogP contribution in [0, 0.1) is 0 Å². The van der Waals surface area contributed by atoms with Gasteiger partial charge in [0.15, 0.2) is 5.13 Å². The van der Waals surface area contributed by atoms with E-state index in [1.165, 1.54) is 29.5 Å². The molecular weight excluding hydrogens is 302 g/mol. The van der Waals surface area contributed by atoms with Gasteiger partial charge in [-0.05, 0) is 24.3 Å². The zero-order chi connectivity index (χ0) is 15.5. The molecule has 3 aromatic rings. The van der Waals surface area contributed by atoms with Crippen LogP contribution in [0.15, 0.2) is 48.1 Å². The third-order valence-electron chi connectivity index (χ3n) is 2.92. The number of nitrogens with one attached hydrogen (secondary N) is 1. The van der Waals surface area contributed by atoms with Gasteiger partial charge in [-0.1, -0.05) is 11.8 Å². The summed E-state index contributed by atoms with van der Waals surface area (Å²) in [6.07, 6.45) is 3.40. The molecule has 0 aliphatic rings. The summed E-state index contributed by atoms with van der Waals surface area (Å²) in [6, 6.07) is 7.78. The van der Waals surface area contributed by atoms with Crippen molar-refractivity contribution in [2.24, 2.45) is 0 Å². The molecule has 6 nitrogen and oxygen atoms in total. The van der Waals surface area contributed by atoms with Crippen LogP contribution in [-0.2, 0) is 0 Å². The number of anilines is 2. The van der Waals surface area contributed by atoms with Gasteiger partial charge in [0.25, 0.3) is 0 Å². The van der Waals surface area contributed by atoms with E-state index < -0.39 is 11.7 Å². The first-order valence-corrected chi connectivity index (χ1v) is 7.19. The Morgan fingerprint density at radius 2 is 2.18 bits per heavy atom. The van der Waals surface area contributed by atoms with E-state index in [2.05, 4.69) is 15.3 Å². The Morgan fingerprint density at radius 3 is 2.91 bits per heavy atom. The molecule has 0 saturated heterocycles. The van der Waals surface area contributed by atoms with Gasteiger partial charge in [0.2, 0.25) is 0 Å². The van der Waals surface area contributed by atoms with Crippen molar-refractivity contribution in [3.63, 3.8) is 0 Å². The van der Waals surface area contributed by atoms with E-state index in [9.17, 15) is 9.90 Å². The summed E-state index contributed by atoms with van der Waals surface area (Å²) in [4.78, 5) is 19.4. The summed E-state index contributed by atoms with van der Waals surface area (Å²) in [5, 5.41) is 25.9. The van der Waals surface area contributed by atoms with Gasteiger partial charge < -0.3 is 15.5 Å². The first-order chi connectivity index (χ1) is 10.6. The zero-order valence-electron chi connectivity index (χ0n) is 11.2. The number of carboxylic acid groups (broad SMARTS) is 1. The monoisotopic (exact) mass is 312 g/mol. The van der Waals surface area contributed by atoms with Crippen molar-refractivity contribution in [1.82, 2.24) is 9.97 Å². The van der Waals surface area contributed by atoms with Gasteiger partial charge in [0.05, 0.1) is 11.3 Å². The fourth-order valence-electron chi connectivity index (χ4n) is 1.88. The average molecular weight is 312 g/mol. The molecule has 0 bridgehead atoms. The number of aromatic nitrogens is 2. The average Bonchev–Trinajstić information content (AvgIpc) is 2.98. The van der Waals surface area contributed by atoms with E-state index in [4.69, 9.17) is 5.11 Å². The van der Waals surface area contributed by atoms with Crippen molar-refractivity contribution in [2.75, 3.05) is 5.32 Å². The van der Waals surface area contributed by atoms with Gasteiger partial charge in [-0.2, -0.15) is 0 Å². The summed E-state index contributed by atoms with van der Waals surface area (Å²) in [5.74, 6) is -1.77. The van der Waals surface area contributed by atoms with Crippen molar-refractivity contribution < 1.29 is 15.0 Å². The number of aromatic carboxylic acids is 1.